The van der Waals surface area contributed by atoms with Crippen molar-refractivity contribution >= 4 is 17.4 Å². The van der Waals surface area contributed by atoms with Gasteiger partial charge in [0.05, 0.1) is 17.0 Å². The summed E-state index contributed by atoms with van der Waals surface area (Å²) >= 11 is 5.83. The van der Waals surface area contributed by atoms with Crippen molar-refractivity contribution in [2.45, 2.75) is 46.5 Å². The number of hydrogen-bond donors (Lipinski definition) is 0. The number of ketones is 1. The third kappa shape index (κ3) is 2.90. The van der Waals surface area contributed by atoms with E-state index in [0.29, 0.717) is 29.2 Å². The molecule has 2 heterocycles. The van der Waals surface area contributed by atoms with Crippen molar-refractivity contribution in [3.63, 3.8) is 0 Å². The Morgan fingerprint density at radius 1 is 1.17 bits per heavy atom. The molecule has 1 aliphatic carbocycles. The van der Waals surface area contributed by atoms with E-state index in [2.05, 4.69) is 43.0 Å². The van der Waals surface area contributed by atoms with Crippen molar-refractivity contribution in [1.82, 2.24) is 20.0 Å². The molecular weight excluding hydrogens is 312 g/mol. The van der Waals surface area contributed by atoms with E-state index in [1.54, 1.807) is 16.8 Å². The van der Waals surface area contributed by atoms with Gasteiger partial charge in [0.25, 0.3) is 0 Å². The Bertz CT molecular complexity index is 734. The Labute approximate surface area is 141 Å². The third-order valence-electron chi connectivity index (χ3n) is 4.51. The van der Waals surface area contributed by atoms with Gasteiger partial charge in [-0.05, 0) is 36.3 Å². The van der Waals surface area contributed by atoms with Crippen molar-refractivity contribution in [3.05, 3.63) is 34.2 Å². The van der Waals surface area contributed by atoms with Gasteiger partial charge in [0.2, 0.25) is 0 Å². The molecule has 0 bridgehead atoms. The fraction of sp³-hybridized carbons (Fsp3) is 0.529. The molecule has 3 rings (SSSR count). The minimum absolute atomic E-state index is 0.185. The smallest absolute Gasteiger partial charge is 0.176 e. The lowest BCUT2D eigenvalue weighted by Crippen LogP contribution is -2.25. The normalized spacial score (nSPS) is 17.9. The largest absolute Gasteiger partial charge is 0.294 e. The molecule has 0 aromatic carbocycles. The molecule has 6 heteroatoms. The summed E-state index contributed by atoms with van der Waals surface area (Å²) in [6.07, 6.45) is 1.44. The molecule has 2 aromatic rings. The van der Waals surface area contributed by atoms with E-state index in [9.17, 15) is 4.79 Å². The molecule has 0 fully saturated rings. The van der Waals surface area contributed by atoms with Crippen molar-refractivity contribution in [2.24, 2.45) is 11.8 Å². The Balaban J connectivity index is 2.16. The zero-order valence-corrected chi connectivity index (χ0v) is 14.6. The highest BCUT2D eigenvalue weighted by atomic mass is 35.5. The molecule has 0 radical (unpaired) electrons. The zero-order chi connectivity index (χ0) is 16.7. The summed E-state index contributed by atoms with van der Waals surface area (Å²) in [4.78, 5) is 12.7. The molecule has 0 N–H and O–H groups in total. The lowest BCUT2D eigenvalue weighted by molar-refractivity contribution is 0.0931. The zero-order valence-electron chi connectivity index (χ0n) is 13.9. The van der Waals surface area contributed by atoms with E-state index in [0.717, 1.165) is 23.4 Å². The van der Waals surface area contributed by atoms with E-state index in [1.165, 1.54) is 0 Å². The average molecular weight is 333 g/mol. The minimum atomic E-state index is 0.185. The number of halogens is 1. The van der Waals surface area contributed by atoms with Crippen LogP contribution in [-0.2, 0) is 6.42 Å². The Hall–Kier alpha value is -1.75. The summed E-state index contributed by atoms with van der Waals surface area (Å²) in [5.74, 6) is 1.78. The van der Waals surface area contributed by atoms with Crippen LogP contribution in [0.5, 0.6) is 0 Å². The summed E-state index contributed by atoms with van der Waals surface area (Å²) in [5.41, 5.74) is 2.60. The van der Waals surface area contributed by atoms with Gasteiger partial charge in [0, 0.05) is 6.42 Å². The second-order valence-corrected chi connectivity index (χ2v) is 7.21. The summed E-state index contributed by atoms with van der Waals surface area (Å²) in [5, 5.41) is 13.1. The highest BCUT2D eigenvalue weighted by molar-refractivity contribution is 6.29. The van der Waals surface area contributed by atoms with Crippen molar-refractivity contribution < 1.29 is 4.79 Å². The molecule has 2 aromatic heterocycles. The van der Waals surface area contributed by atoms with Crippen LogP contribution >= 0.6 is 11.6 Å². The molecule has 122 valence electrons. The average Bonchev–Trinajstić information content (AvgIpc) is 2.88. The van der Waals surface area contributed by atoms with Gasteiger partial charge >= 0.3 is 0 Å². The lowest BCUT2D eigenvalue weighted by atomic mass is 9.79. The van der Waals surface area contributed by atoms with Gasteiger partial charge in [-0.1, -0.05) is 39.3 Å². The van der Waals surface area contributed by atoms with Gasteiger partial charge in [0.1, 0.15) is 0 Å². The maximum Gasteiger partial charge on any atom is 0.176 e. The van der Waals surface area contributed by atoms with Crippen LogP contribution in [0, 0.1) is 11.8 Å². The quantitative estimate of drug-likeness (QED) is 0.856. The molecule has 23 heavy (non-hydrogen) atoms. The summed E-state index contributed by atoms with van der Waals surface area (Å²) in [6, 6.07) is 3.48. The Morgan fingerprint density at radius 3 is 2.48 bits per heavy atom. The number of hydrogen-bond acceptors (Lipinski definition) is 4. The molecule has 0 spiro atoms. The van der Waals surface area contributed by atoms with Crippen LogP contribution in [-0.4, -0.2) is 25.8 Å². The van der Waals surface area contributed by atoms with Crippen LogP contribution in [0.3, 0.4) is 0 Å². The highest BCUT2D eigenvalue weighted by Gasteiger charge is 2.34. The maximum atomic E-state index is 12.7. The molecule has 1 unspecified atom stereocenters. The topological polar surface area (TPSA) is 60.7 Å². The first-order chi connectivity index (χ1) is 10.9. The van der Waals surface area contributed by atoms with Crippen LogP contribution in [0.25, 0.3) is 5.82 Å². The lowest BCUT2D eigenvalue weighted by Gasteiger charge is -2.25. The maximum absolute atomic E-state index is 12.7. The van der Waals surface area contributed by atoms with Crippen LogP contribution < -0.4 is 0 Å². The van der Waals surface area contributed by atoms with Gasteiger partial charge in [-0.25, -0.2) is 4.68 Å². The fourth-order valence-corrected chi connectivity index (χ4v) is 3.21. The minimum Gasteiger partial charge on any atom is -0.294 e. The van der Waals surface area contributed by atoms with Crippen molar-refractivity contribution in [2.75, 3.05) is 0 Å². The molecule has 0 amide bonds. The summed E-state index contributed by atoms with van der Waals surface area (Å²) in [6.45, 7) is 8.44. The predicted molar refractivity (Wildman–Crippen MR) is 89.2 cm³/mol. The first kappa shape index (κ1) is 16.1. The third-order valence-corrected chi connectivity index (χ3v) is 4.72. The van der Waals surface area contributed by atoms with Crippen LogP contribution in [0.2, 0.25) is 5.15 Å². The van der Waals surface area contributed by atoms with E-state index >= 15 is 0 Å². The van der Waals surface area contributed by atoms with Crippen molar-refractivity contribution in [1.29, 1.82) is 0 Å². The predicted octanol–water partition coefficient (Wildman–Crippen LogP) is 3.84. The number of Topliss-reactive ketones (excluding diaryl/α,β-unsaturated/α-hetero) is 1. The number of carbonyl (C=O) groups excluding carboxylic acids is 1. The molecule has 0 saturated carbocycles. The second-order valence-electron chi connectivity index (χ2n) is 6.82. The fourth-order valence-electron chi connectivity index (χ4n) is 3.11. The van der Waals surface area contributed by atoms with E-state index in [4.69, 9.17) is 11.6 Å². The molecule has 5 nitrogen and oxygen atoms in total. The molecule has 0 saturated heterocycles. The number of nitrogens with zero attached hydrogens (tertiary/aromatic N) is 4. The van der Waals surface area contributed by atoms with E-state index in [1.807, 2.05) is 0 Å². The Morgan fingerprint density at radius 2 is 1.91 bits per heavy atom. The highest BCUT2D eigenvalue weighted by Crippen LogP contribution is 2.35. The monoisotopic (exact) mass is 332 g/mol. The van der Waals surface area contributed by atoms with Gasteiger partial charge < -0.3 is 0 Å². The number of aromatic nitrogens is 4. The van der Waals surface area contributed by atoms with E-state index < -0.39 is 0 Å². The molecule has 1 aliphatic rings. The van der Waals surface area contributed by atoms with Crippen LogP contribution in [0.15, 0.2) is 12.1 Å². The van der Waals surface area contributed by atoms with Crippen molar-refractivity contribution in [3.8, 4) is 5.82 Å². The number of fused-ring (bicyclic) bond motifs is 1. The van der Waals surface area contributed by atoms with Crippen LogP contribution in [0.4, 0.5) is 0 Å². The summed E-state index contributed by atoms with van der Waals surface area (Å²) in [7, 11) is 0. The van der Waals surface area contributed by atoms with Gasteiger partial charge in [-0.2, -0.15) is 5.10 Å². The standard InChI is InChI=1S/C17H21ClN4O/c1-9(2)11-7-12-16(13(23)8-11)17(10(3)4)21-22(12)15-6-5-14(18)19-20-15/h5-6,9-11H,7-8H2,1-4H3. The molecular formula is C17H21ClN4O. The van der Waals surface area contributed by atoms with Gasteiger partial charge in [-0.15, -0.1) is 10.2 Å². The van der Waals surface area contributed by atoms with Gasteiger partial charge in [-0.3, -0.25) is 4.79 Å². The number of carbonyl (C=O) groups is 1. The first-order valence-corrected chi connectivity index (χ1v) is 8.40. The molecule has 0 aliphatic heterocycles. The van der Waals surface area contributed by atoms with E-state index in [-0.39, 0.29) is 11.7 Å². The molecule has 1 atom stereocenters. The Kier molecular flexibility index (Phi) is 4.23. The summed E-state index contributed by atoms with van der Waals surface area (Å²) < 4.78 is 1.78. The second kappa shape index (κ2) is 6.04. The number of rotatable bonds is 3. The van der Waals surface area contributed by atoms with Gasteiger partial charge in [0.15, 0.2) is 16.8 Å². The van der Waals surface area contributed by atoms with Crippen LogP contribution in [0.1, 0.15) is 61.8 Å². The SMILES string of the molecule is CC(C)c1nn(-c2ccc(Cl)nn2)c2c1C(=O)CC(C(C)C)C2. The first-order valence-electron chi connectivity index (χ1n) is 8.03.